The van der Waals surface area contributed by atoms with Crippen LogP contribution in [0.2, 0.25) is 0 Å². The van der Waals surface area contributed by atoms with Gasteiger partial charge < -0.3 is 5.11 Å². The maximum absolute atomic E-state index is 12.9. The first-order chi connectivity index (χ1) is 13.4. The lowest BCUT2D eigenvalue weighted by Crippen LogP contribution is -2.20. The molecule has 1 amide bonds. The van der Waals surface area contributed by atoms with Crippen molar-refractivity contribution in [2.75, 3.05) is 0 Å². The summed E-state index contributed by atoms with van der Waals surface area (Å²) in [5, 5.41) is 14.7. The highest BCUT2D eigenvalue weighted by molar-refractivity contribution is 5.82. The third-order valence-electron chi connectivity index (χ3n) is 4.70. The van der Waals surface area contributed by atoms with Gasteiger partial charge >= 0.3 is 0 Å². The van der Waals surface area contributed by atoms with Crippen LogP contribution < -0.4 is 5.43 Å². The molecular weight excluding hydrogens is 367 g/mol. The minimum absolute atomic E-state index is 0.203. The maximum atomic E-state index is 12.9. The van der Waals surface area contributed by atoms with E-state index >= 15 is 0 Å². The van der Waals surface area contributed by atoms with E-state index in [0.717, 1.165) is 16.7 Å². The zero-order valence-corrected chi connectivity index (χ0v) is 18.1. The van der Waals surface area contributed by atoms with Crippen LogP contribution in [0.3, 0.4) is 0 Å². The van der Waals surface area contributed by atoms with Crippen LogP contribution in [0.4, 0.5) is 4.39 Å². The fraction of sp³-hybridized carbons (Fsp3) is 0.417. The van der Waals surface area contributed by atoms with E-state index in [0.29, 0.717) is 17.7 Å². The summed E-state index contributed by atoms with van der Waals surface area (Å²) in [5.74, 6) is -0.183. The molecule has 29 heavy (non-hydrogen) atoms. The Balaban J connectivity index is 2.09. The molecule has 0 aliphatic rings. The first-order valence-electron chi connectivity index (χ1n) is 9.82. The summed E-state index contributed by atoms with van der Waals surface area (Å²) < 4.78 is 12.9. The summed E-state index contributed by atoms with van der Waals surface area (Å²) >= 11 is 0. The van der Waals surface area contributed by atoms with Crippen molar-refractivity contribution in [2.24, 2.45) is 5.10 Å². The monoisotopic (exact) mass is 398 g/mol. The lowest BCUT2D eigenvalue weighted by Gasteiger charge is -2.28. The molecule has 2 aromatic rings. The zero-order chi connectivity index (χ0) is 21.8. The fourth-order valence-electron chi connectivity index (χ4n) is 3.02. The number of amides is 1. The molecule has 2 N–H and O–H groups in total. The predicted molar refractivity (Wildman–Crippen MR) is 116 cm³/mol. The first kappa shape index (κ1) is 22.6. The molecule has 2 aromatic carbocycles. The number of phenols is 1. The van der Waals surface area contributed by atoms with Gasteiger partial charge in [0.25, 0.3) is 0 Å². The molecule has 156 valence electrons. The Labute approximate surface area is 172 Å². The SMILES string of the molecule is CC(C)(C)c1cc(CCC(=O)N/N=C\c2ccc(F)cc2)cc(C(C)(C)C)c1O. The summed E-state index contributed by atoms with van der Waals surface area (Å²) in [6.07, 6.45) is 2.30. The molecule has 0 saturated carbocycles. The van der Waals surface area contributed by atoms with E-state index < -0.39 is 0 Å². The number of nitrogens with zero attached hydrogens (tertiary/aromatic N) is 1. The van der Waals surface area contributed by atoms with Crippen LogP contribution in [0.1, 0.15) is 70.2 Å². The van der Waals surface area contributed by atoms with Crippen LogP contribution in [-0.2, 0) is 22.0 Å². The van der Waals surface area contributed by atoms with Gasteiger partial charge in [-0.2, -0.15) is 5.10 Å². The molecule has 0 aromatic heterocycles. The lowest BCUT2D eigenvalue weighted by atomic mass is 9.78. The number of halogens is 1. The molecule has 0 bridgehead atoms. The smallest absolute Gasteiger partial charge is 0.240 e. The number of rotatable bonds is 5. The zero-order valence-electron chi connectivity index (χ0n) is 18.1. The van der Waals surface area contributed by atoms with Crippen molar-refractivity contribution in [1.29, 1.82) is 0 Å². The van der Waals surface area contributed by atoms with Crippen LogP contribution >= 0.6 is 0 Å². The Morgan fingerprint density at radius 1 is 1.03 bits per heavy atom. The molecule has 0 saturated heterocycles. The number of hydrogen-bond acceptors (Lipinski definition) is 3. The standard InChI is InChI=1S/C24H31FN2O2/c1-23(2,3)19-13-17(14-20(22(19)29)24(4,5)6)9-12-21(28)27-26-15-16-7-10-18(25)11-8-16/h7-8,10-11,13-15,29H,9,12H2,1-6H3,(H,27,28)/b26-15-. The number of carbonyl (C=O) groups is 1. The van der Waals surface area contributed by atoms with Gasteiger partial charge in [-0.05, 0) is 51.6 Å². The second kappa shape index (κ2) is 8.76. The third-order valence-corrected chi connectivity index (χ3v) is 4.70. The summed E-state index contributed by atoms with van der Waals surface area (Å²) in [6.45, 7) is 12.4. The van der Waals surface area contributed by atoms with E-state index in [1.54, 1.807) is 12.1 Å². The number of benzene rings is 2. The summed E-state index contributed by atoms with van der Waals surface area (Å²) in [6, 6.07) is 9.83. The van der Waals surface area contributed by atoms with E-state index in [1.165, 1.54) is 18.3 Å². The number of nitrogens with one attached hydrogen (secondary N) is 1. The van der Waals surface area contributed by atoms with Gasteiger partial charge in [0.05, 0.1) is 6.21 Å². The normalized spacial score (nSPS) is 12.4. The molecule has 4 nitrogen and oxygen atoms in total. The number of hydrogen-bond donors (Lipinski definition) is 2. The second-order valence-corrected chi connectivity index (χ2v) is 9.38. The van der Waals surface area contributed by atoms with E-state index in [1.807, 2.05) is 12.1 Å². The van der Waals surface area contributed by atoms with Crippen molar-refractivity contribution in [3.05, 3.63) is 64.5 Å². The quantitative estimate of drug-likeness (QED) is 0.536. The van der Waals surface area contributed by atoms with E-state index in [-0.39, 0.29) is 29.0 Å². The molecule has 2 rings (SSSR count). The van der Waals surface area contributed by atoms with Crippen molar-refractivity contribution in [3.63, 3.8) is 0 Å². The number of phenolic OH excluding ortho intramolecular Hbond substituents is 1. The third kappa shape index (κ3) is 6.41. The lowest BCUT2D eigenvalue weighted by molar-refractivity contribution is -0.121. The molecular formula is C24H31FN2O2. The van der Waals surface area contributed by atoms with Crippen molar-refractivity contribution >= 4 is 12.1 Å². The highest BCUT2D eigenvalue weighted by Gasteiger charge is 2.26. The minimum atomic E-state index is -0.315. The molecule has 0 spiro atoms. The molecule has 5 heteroatoms. The molecule has 0 heterocycles. The van der Waals surface area contributed by atoms with E-state index in [9.17, 15) is 14.3 Å². The molecule has 0 aliphatic carbocycles. The highest BCUT2D eigenvalue weighted by atomic mass is 19.1. The summed E-state index contributed by atoms with van der Waals surface area (Å²) in [7, 11) is 0. The Bertz CT molecular complexity index is 854. The number of carbonyl (C=O) groups excluding carboxylic acids is 1. The average Bonchev–Trinajstić information content (AvgIpc) is 2.60. The van der Waals surface area contributed by atoms with Crippen LogP contribution in [0.5, 0.6) is 5.75 Å². The van der Waals surface area contributed by atoms with Crippen LogP contribution in [0, 0.1) is 5.82 Å². The Morgan fingerprint density at radius 3 is 2.03 bits per heavy atom. The van der Waals surface area contributed by atoms with Gasteiger partial charge in [0.2, 0.25) is 5.91 Å². The molecule has 0 unspecified atom stereocenters. The largest absolute Gasteiger partial charge is 0.507 e. The Kier molecular flexibility index (Phi) is 6.83. The summed E-state index contributed by atoms with van der Waals surface area (Å²) in [4.78, 5) is 12.2. The average molecular weight is 399 g/mol. The van der Waals surface area contributed by atoms with Gasteiger partial charge in [0, 0.05) is 6.42 Å². The van der Waals surface area contributed by atoms with Crippen LogP contribution in [-0.4, -0.2) is 17.2 Å². The van der Waals surface area contributed by atoms with Gasteiger partial charge in [-0.3, -0.25) is 4.79 Å². The Morgan fingerprint density at radius 2 is 1.55 bits per heavy atom. The van der Waals surface area contributed by atoms with E-state index in [2.05, 4.69) is 52.1 Å². The fourth-order valence-corrected chi connectivity index (χ4v) is 3.02. The molecule has 0 aliphatic heterocycles. The Hall–Kier alpha value is -2.69. The van der Waals surface area contributed by atoms with Crippen molar-refractivity contribution in [3.8, 4) is 5.75 Å². The predicted octanol–water partition coefficient (Wildman–Crippen LogP) is 5.21. The molecule has 0 radical (unpaired) electrons. The van der Waals surface area contributed by atoms with Crippen molar-refractivity contribution in [2.45, 2.75) is 65.2 Å². The minimum Gasteiger partial charge on any atom is -0.507 e. The van der Waals surface area contributed by atoms with Gasteiger partial charge in [0.15, 0.2) is 0 Å². The maximum Gasteiger partial charge on any atom is 0.240 e. The number of hydrazone groups is 1. The molecule has 0 fully saturated rings. The van der Waals surface area contributed by atoms with E-state index in [4.69, 9.17) is 0 Å². The molecule has 0 atom stereocenters. The number of aromatic hydroxyl groups is 1. The van der Waals surface area contributed by atoms with Gasteiger partial charge in [-0.15, -0.1) is 0 Å². The van der Waals surface area contributed by atoms with Crippen LogP contribution in [0.15, 0.2) is 41.5 Å². The summed E-state index contributed by atoms with van der Waals surface area (Å²) in [5.41, 5.74) is 5.57. The number of aryl methyl sites for hydroxylation is 1. The van der Waals surface area contributed by atoms with Crippen molar-refractivity contribution in [1.82, 2.24) is 5.43 Å². The van der Waals surface area contributed by atoms with Crippen molar-refractivity contribution < 1.29 is 14.3 Å². The first-order valence-corrected chi connectivity index (χ1v) is 9.82. The van der Waals surface area contributed by atoms with Gasteiger partial charge in [0.1, 0.15) is 11.6 Å². The van der Waals surface area contributed by atoms with Gasteiger partial charge in [-0.1, -0.05) is 65.8 Å². The second-order valence-electron chi connectivity index (χ2n) is 9.38. The topological polar surface area (TPSA) is 61.7 Å². The van der Waals surface area contributed by atoms with Crippen LogP contribution in [0.25, 0.3) is 0 Å². The van der Waals surface area contributed by atoms with Gasteiger partial charge in [-0.25, -0.2) is 9.82 Å². The highest BCUT2D eigenvalue weighted by Crippen LogP contribution is 2.39.